The second-order valence-corrected chi connectivity index (χ2v) is 13.7. The quantitative estimate of drug-likeness (QED) is 0.193. The first-order valence-electron chi connectivity index (χ1n) is 17.0. The molecule has 1 aliphatic rings. The molecule has 0 saturated heterocycles. The van der Waals surface area contributed by atoms with Crippen molar-refractivity contribution in [2.75, 3.05) is 4.90 Å². The van der Waals surface area contributed by atoms with Gasteiger partial charge in [-0.3, -0.25) is 0 Å². The topological polar surface area (TPSA) is 16.4 Å². The summed E-state index contributed by atoms with van der Waals surface area (Å²) in [5.41, 5.74) is 12.9. The number of hydrogen-bond acceptors (Lipinski definition) is 2. The Bertz CT molecular complexity index is 2750. The van der Waals surface area contributed by atoms with E-state index in [4.69, 9.17) is 4.42 Å². The maximum Gasteiger partial charge on any atom is 0.143 e. The van der Waals surface area contributed by atoms with Gasteiger partial charge in [0, 0.05) is 38.3 Å². The number of hydrogen-bond donors (Lipinski definition) is 0. The van der Waals surface area contributed by atoms with Gasteiger partial charge in [0.25, 0.3) is 0 Å². The van der Waals surface area contributed by atoms with E-state index in [1.54, 1.807) is 0 Å². The molecule has 1 aliphatic carbocycles. The third-order valence-corrected chi connectivity index (χ3v) is 10.6. The second kappa shape index (κ2) is 10.4. The molecule has 1 heterocycles. The van der Waals surface area contributed by atoms with Crippen molar-refractivity contribution in [1.82, 2.24) is 0 Å². The molecule has 9 aromatic rings. The van der Waals surface area contributed by atoms with E-state index in [0.717, 1.165) is 44.4 Å². The highest BCUT2D eigenvalue weighted by Crippen LogP contribution is 2.51. The lowest BCUT2D eigenvalue weighted by Crippen LogP contribution is -2.16. The Balaban J connectivity index is 1.24. The van der Waals surface area contributed by atoms with Crippen LogP contribution in [-0.2, 0) is 5.41 Å². The number of furan rings is 1. The molecule has 0 fully saturated rings. The Morgan fingerprint density at radius 1 is 0.449 bits per heavy atom. The van der Waals surface area contributed by atoms with Gasteiger partial charge in [-0.15, -0.1) is 0 Å². The van der Waals surface area contributed by atoms with Crippen LogP contribution in [-0.4, -0.2) is 0 Å². The summed E-state index contributed by atoms with van der Waals surface area (Å²) < 4.78 is 6.68. The fourth-order valence-electron chi connectivity index (χ4n) is 8.24. The van der Waals surface area contributed by atoms with Crippen LogP contribution in [0.4, 0.5) is 17.1 Å². The lowest BCUT2D eigenvalue weighted by atomic mass is 9.82. The van der Waals surface area contributed by atoms with Gasteiger partial charge in [-0.2, -0.15) is 0 Å². The highest BCUT2D eigenvalue weighted by atomic mass is 16.3. The van der Waals surface area contributed by atoms with Gasteiger partial charge in [0.05, 0.1) is 5.69 Å². The normalized spacial score (nSPS) is 13.3. The summed E-state index contributed by atoms with van der Waals surface area (Å²) in [6.07, 6.45) is 0. The molecule has 0 radical (unpaired) electrons. The molecule has 1 aromatic heterocycles. The Morgan fingerprint density at radius 3 is 2.00 bits per heavy atom. The van der Waals surface area contributed by atoms with Crippen molar-refractivity contribution < 1.29 is 4.42 Å². The van der Waals surface area contributed by atoms with E-state index in [1.807, 2.05) is 0 Å². The zero-order valence-electron chi connectivity index (χ0n) is 27.4. The molecular weight excluding hydrogens is 595 g/mol. The lowest BCUT2D eigenvalue weighted by Gasteiger charge is -2.29. The molecule has 0 unspecified atom stereocenters. The molecule has 0 saturated carbocycles. The Hall–Kier alpha value is -6.12. The summed E-state index contributed by atoms with van der Waals surface area (Å²) >= 11 is 0. The zero-order valence-corrected chi connectivity index (χ0v) is 27.4. The fourth-order valence-corrected chi connectivity index (χ4v) is 8.24. The molecule has 0 spiro atoms. The number of fused-ring (bicyclic) bond motifs is 9. The van der Waals surface area contributed by atoms with Crippen LogP contribution in [0.2, 0.25) is 0 Å². The van der Waals surface area contributed by atoms with Crippen molar-refractivity contribution in [2.45, 2.75) is 19.3 Å². The first-order valence-corrected chi connectivity index (χ1v) is 17.0. The minimum Gasteiger partial charge on any atom is -0.455 e. The van der Waals surface area contributed by atoms with E-state index >= 15 is 0 Å². The van der Waals surface area contributed by atoms with Gasteiger partial charge in [0.2, 0.25) is 0 Å². The predicted octanol–water partition coefficient (Wildman–Crippen LogP) is 13.3. The van der Waals surface area contributed by atoms with Crippen molar-refractivity contribution in [3.05, 3.63) is 175 Å². The summed E-state index contributed by atoms with van der Waals surface area (Å²) in [4.78, 5) is 2.43. The number of nitrogens with zero attached hydrogens (tertiary/aromatic N) is 1. The molecular formula is C47H33NO. The molecule has 8 aromatic carbocycles. The van der Waals surface area contributed by atoms with Crippen molar-refractivity contribution >= 4 is 60.5 Å². The maximum absolute atomic E-state index is 6.68. The molecule has 49 heavy (non-hydrogen) atoms. The molecule has 0 atom stereocenters. The van der Waals surface area contributed by atoms with E-state index in [-0.39, 0.29) is 5.41 Å². The van der Waals surface area contributed by atoms with Crippen LogP contribution in [0.25, 0.3) is 65.7 Å². The molecule has 0 amide bonds. The minimum absolute atomic E-state index is 0.105. The van der Waals surface area contributed by atoms with E-state index < -0.39 is 0 Å². The molecule has 2 heteroatoms. The van der Waals surface area contributed by atoms with E-state index in [9.17, 15) is 0 Å². The second-order valence-electron chi connectivity index (χ2n) is 13.7. The third kappa shape index (κ3) is 4.14. The lowest BCUT2D eigenvalue weighted by molar-refractivity contribution is 0.660. The Kier molecular flexibility index (Phi) is 5.95. The Labute approximate surface area is 285 Å². The van der Waals surface area contributed by atoms with Crippen molar-refractivity contribution in [3.8, 4) is 22.3 Å². The molecule has 10 rings (SSSR count). The minimum atomic E-state index is -0.105. The van der Waals surface area contributed by atoms with Gasteiger partial charge in [0.15, 0.2) is 0 Å². The van der Waals surface area contributed by atoms with E-state index in [2.05, 4.69) is 183 Å². The van der Waals surface area contributed by atoms with Gasteiger partial charge < -0.3 is 9.32 Å². The molecule has 2 nitrogen and oxygen atoms in total. The highest BCUT2D eigenvalue weighted by molar-refractivity contribution is 6.19. The first kappa shape index (κ1) is 27.9. The number of benzene rings is 8. The van der Waals surface area contributed by atoms with E-state index in [0.29, 0.717) is 0 Å². The number of rotatable bonds is 4. The van der Waals surface area contributed by atoms with Crippen LogP contribution >= 0.6 is 0 Å². The summed E-state index contributed by atoms with van der Waals surface area (Å²) in [5.74, 6) is 0. The maximum atomic E-state index is 6.68. The monoisotopic (exact) mass is 627 g/mol. The molecule has 0 aliphatic heterocycles. The predicted molar refractivity (Wildman–Crippen MR) is 206 cm³/mol. The van der Waals surface area contributed by atoms with Crippen LogP contribution < -0.4 is 4.90 Å². The van der Waals surface area contributed by atoms with Crippen LogP contribution in [0, 0.1) is 0 Å². The van der Waals surface area contributed by atoms with Crippen molar-refractivity contribution in [1.29, 1.82) is 0 Å². The zero-order chi connectivity index (χ0) is 32.7. The van der Waals surface area contributed by atoms with Crippen LogP contribution in [0.1, 0.15) is 25.0 Å². The largest absolute Gasteiger partial charge is 0.455 e. The molecule has 0 bridgehead atoms. The summed E-state index contributed by atoms with van der Waals surface area (Å²) in [7, 11) is 0. The van der Waals surface area contributed by atoms with Gasteiger partial charge in [0.1, 0.15) is 11.2 Å². The SMILES string of the molecule is CC1(C)c2ccccc2-c2ccc(N(c3ccc4oc5c6ccccc6c(-c6ccccc6)cc5c4c3)c3cccc4ccccc34)cc21. The summed E-state index contributed by atoms with van der Waals surface area (Å²) in [5, 5.41) is 6.98. The first-order chi connectivity index (χ1) is 24.1. The summed E-state index contributed by atoms with van der Waals surface area (Å²) in [6, 6.07) is 59.4. The molecule has 232 valence electrons. The van der Waals surface area contributed by atoms with Gasteiger partial charge in [-0.05, 0) is 86.6 Å². The number of anilines is 3. The average Bonchev–Trinajstić information content (AvgIpc) is 3.63. The van der Waals surface area contributed by atoms with Crippen molar-refractivity contribution in [3.63, 3.8) is 0 Å². The van der Waals surface area contributed by atoms with Crippen molar-refractivity contribution in [2.24, 2.45) is 0 Å². The standard InChI is InChI=1S/C47H33NO/c1-47(2)42-21-11-10-19-36(42)37-25-23-33(28-43(37)47)48(44-22-12-16-30-15-6-7-17-34(30)44)32-24-26-45-40(27-32)41-29-39(31-13-4-3-5-14-31)35-18-8-9-20-38(35)46(41)49-45/h3-29H,1-2H3. The third-order valence-electron chi connectivity index (χ3n) is 10.6. The van der Waals surface area contributed by atoms with Gasteiger partial charge >= 0.3 is 0 Å². The molecule has 0 N–H and O–H groups in total. The van der Waals surface area contributed by atoms with Crippen LogP contribution in [0.3, 0.4) is 0 Å². The smallest absolute Gasteiger partial charge is 0.143 e. The summed E-state index contributed by atoms with van der Waals surface area (Å²) in [6.45, 7) is 4.70. The highest BCUT2D eigenvalue weighted by Gasteiger charge is 2.35. The Morgan fingerprint density at radius 2 is 1.12 bits per heavy atom. The average molecular weight is 628 g/mol. The van der Waals surface area contributed by atoms with Crippen LogP contribution in [0.5, 0.6) is 0 Å². The van der Waals surface area contributed by atoms with Gasteiger partial charge in [-0.25, -0.2) is 0 Å². The van der Waals surface area contributed by atoms with Crippen LogP contribution in [0.15, 0.2) is 168 Å². The van der Waals surface area contributed by atoms with E-state index in [1.165, 1.54) is 49.5 Å². The van der Waals surface area contributed by atoms with Gasteiger partial charge in [-0.1, -0.05) is 135 Å². The fraction of sp³-hybridized carbons (Fsp3) is 0.0638.